The highest BCUT2D eigenvalue weighted by atomic mass is 35.5. The van der Waals surface area contributed by atoms with Gasteiger partial charge in [-0.2, -0.15) is 0 Å². The number of anilines is 1. The van der Waals surface area contributed by atoms with E-state index >= 15 is 0 Å². The Balaban J connectivity index is 0.00000392. The summed E-state index contributed by atoms with van der Waals surface area (Å²) in [6, 6.07) is 12.4. The number of amides is 1. The van der Waals surface area contributed by atoms with Crippen molar-refractivity contribution < 1.29 is 17.9 Å². The van der Waals surface area contributed by atoms with Gasteiger partial charge in [0.05, 0.1) is 11.5 Å². The molecule has 0 aliphatic carbocycles. The van der Waals surface area contributed by atoms with Gasteiger partial charge in [-0.1, -0.05) is 0 Å². The predicted molar refractivity (Wildman–Crippen MR) is 113 cm³/mol. The van der Waals surface area contributed by atoms with E-state index in [1.165, 1.54) is 12.1 Å². The summed E-state index contributed by atoms with van der Waals surface area (Å²) >= 11 is 0. The minimum atomic E-state index is -3.73. The zero-order valence-corrected chi connectivity index (χ0v) is 17.7. The first kappa shape index (κ1) is 23.7. The predicted octanol–water partition coefficient (Wildman–Crippen LogP) is 2.73. The van der Waals surface area contributed by atoms with Crippen LogP contribution >= 0.6 is 12.4 Å². The molecule has 0 radical (unpaired) electrons. The molecule has 1 amide bonds. The highest BCUT2D eigenvalue weighted by Gasteiger charge is 2.17. The zero-order valence-electron chi connectivity index (χ0n) is 16.1. The quantitative estimate of drug-likeness (QED) is 0.674. The summed E-state index contributed by atoms with van der Waals surface area (Å²) in [6.07, 6.45) is 0. The number of halogens is 1. The van der Waals surface area contributed by atoms with Crippen LogP contribution in [0.3, 0.4) is 0 Å². The van der Waals surface area contributed by atoms with Crippen molar-refractivity contribution in [3.8, 4) is 5.75 Å². The topological polar surface area (TPSA) is 102 Å². The third kappa shape index (κ3) is 5.85. The number of sulfonamides is 1. The number of carbonyl (C=O) groups is 1. The summed E-state index contributed by atoms with van der Waals surface area (Å²) < 4.78 is 32.8. The van der Waals surface area contributed by atoms with E-state index < -0.39 is 10.0 Å². The minimum absolute atomic E-state index is 0. The fourth-order valence-electron chi connectivity index (χ4n) is 2.34. The fraction of sp³-hybridized carbons (Fsp3) is 0.316. The number of hydrogen-bond donors (Lipinski definition) is 2. The molecule has 2 aromatic carbocycles. The van der Waals surface area contributed by atoms with Crippen LogP contribution in [0.4, 0.5) is 5.69 Å². The summed E-state index contributed by atoms with van der Waals surface area (Å²) in [7, 11) is -2.05. The molecule has 7 nitrogen and oxygen atoms in total. The molecule has 9 heteroatoms. The summed E-state index contributed by atoms with van der Waals surface area (Å²) in [5.41, 5.74) is 6.42. The van der Waals surface area contributed by atoms with E-state index in [0.29, 0.717) is 30.2 Å². The maximum atomic E-state index is 12.5. The van der Waals surface area contributed by atoms with Crippen LogP contribution in [-0.2, 0) is 10.0 Å². The molecule has 3 N–H and O–H groups in total. The Morgan fingerprint density at radius 2 is 1.71 bits per heavy atom. The molecule has 2 rings (SSSR count). The molecule has 0 saturated heterocycles. The van der Waals surface area contributed by atoms with Crippen molar-refractivity contribution in [2.75, 3.05) is 24.9 Å². The number of carbonyl (C=O) groups excluding carboxylic acids is 1. The molecule has 0 aliphatic heterocycles. The van der Waals surface area contributed by atoms with Gasteiger partial charge in [0.2, 0.25) is 0 Å². The van der Waals surface area contributed by atoms with Gasteiger partial charge in [-0.15, -0.1) is 12.4 Å². The molecule has 2 aromatic rings. The van der Waals surface area contributed by atoms with Gasteiger partial charge in [0.25, 0.3) is 15.9 Å². The standard InChI is InChI=1S/C19H25N3O4S.ClH/c1-4-26-17-9-11-18(12-10-17)27(24,25)21-16-7-5-15(6-8-16)19(23)22(3)14(2)13-20;/h5-12,14,21H,4,13,20H2,1-3H3;1H. The Morgan fingerprint density at radius 1 is 1.14 bits per heavy atom. The fourth-order valence-corrected chi connectivity index (χ4v) is 3.40. The second kappa shape index (κ2) is 10.3. The SMILES string of the molecule is CCOc1ccc(S(=O)(=O)Nc2ccc(C(=O)N(C)C(C)CN)cc2)cc1.Cl. The van der Waals surface area contributed by atoms with E-state index in [1.807, 2.05) is 13.8 Å². The number of nitrogens with one attached hydrogen (secondary N) is 1. The molecule has 0 aromatic heterocycles. The van der Waals surface area contributed by atoms with Crippen LogP contribution in [0, 0.1) is 0 Å². The molecule has 1 unspecified atom stereocenters. The third-order valence-corrected chi connectivity index (χ3v) is 5.55. The van der Waals surface area contributed by atoms with Crippen LogP contribution in [0.25, 0.3) is 0 Å². The van der Waals surface area contributed by atoms with Gasteiger partial charge in [0.1, 0.15) is 5.75 Å². The van der Waals surface area contributed by atoms with Crippen molar-refractivity contribution in [2.45, 2.75) is 24.8 Å². The van der Waals surface area contributed by atoms with Gasteiger partial charge in [-0.3, -0.25) is 9.52 Å². The van der Waals surface area contributed by atoms with Crippen molar-refractivity contribution >= 4 is 34.0 Å². The normalized spacial score (nSPS) is 11.9. The van der Waals surface area contributed by atoms with Crippen LogP contribution in [0.15, 0.2) is 53.4 Å². The van der Waals surface area contributed by atoms with Crippen molar-refractivity contribution in [3.05, 3.63) is 54.1 Å². The van der Waals surface area contributed by atoms with E-state index in [-0.39, 0.29) is 29.3 Å². The van der Waals surface area contributed by atoms with Crippen molar-refractivity contribution in [3.63, 3.8) is 0 Å². The summed E-state index contributed by atoms with van der Waals surface area (Å²) in [6.45, 7) is 4.59. The molecular weight excluding hydrogens is 402 g/mol. The van der Waals surface area contributed by atoms with Gasteiger partial charge < -0.3 is 15.4 Å². The van der Waals surface area contributed by atoms with E-state index in [2.05, 4.69) is 4.72 Å². The van der Waals surface area contributed by atoms with Crippen LogP contribution in [0.1, 0.15) is 24.2 Å². The Kier molecular flexibility index (Phi) is 8.74. The Hall–Kier alpha value is -2.29. The number of rotatable bonds is 8. The monoisotopic (exact) mass is 427 g/mol. The average Bonchev–Trinajstić information content (AvgIpc) is 2.67. The first-order valence-corrected chi connectivity index (χ1v) is 10.1. The van der Waals surface area contributed by atoms with Crippen molar-refractivity contribution in [2.24, 2.45) is 5.73 Å². The van der Waals surface area contributed by atoms with Crippen LogP contribution in [0.2, 0.25) is 0 Å². The second-order valence-corrected chi connectivity index (χ2v) is 7.77. The highest BCUT2D eigenvalue weighted by molar-refractivity contribution is 7.92. The lowest BCUT2D eigenvalue weighted by atomic mass is 10.1. The van der Waals surface area contributed by atoms with E-state index in [4.69, 9.17) is 10.5 Å². The summed E-state index contributed by atoms with van der Waals surface area (Å²) in [5.74, 6) is 0.434. The van der Waals surface area contributed by atoms with Gasteiger partial charge in [0, 0.05) is 30.9 Å². The maximum absolute atomic E-state index is 12.5. The molecule has 0 fully saturated rings. The molecule has 0 bridgehead atoms. The van der Waals surface area contributed by atoms with Gasteiger partial charge in [0.15, 0.2) is 0 Å². The molecule has 0 heterocycles. The number of likely N-dealkylation sites (N-methyl/N-ethyl adjacent to an activating group) is 1. The van der Waals surface area contributed by atoms with Crippen LogP contribution in [0.5, 0.6) is 5.75 Å². The molecule has 0 aliphatic rings. The Bertz CT molecular complexity index is 871. The van der Waals surface area contributed by atoms with E-state index in [1.54, 1.807) is 48.3 Å². The van der Waals surface area contributed by atoms with Crippen molar-refractivity contribution in [1.29, 1.82) is 0 Å². The van der Waals surface area contributed by atoms with Crippen LogP contribution in [-0.4, -0.2) is 45.5 Å². The molecule has 28 heavy (non-hydrogen) atoms. The molecule has 0 spiro atoms. The molecular formula is C19H26ClN3O4S. The molecule has 0 saturated carbocycles. The van der Waals surface area contributed by atoms with Gasteiger partial charge in [-0.25, -0.2) is 8.42 Å². The minimum Gasteiger partial charge on any atom is -0.494 e. The molecule has 1 atom stereocenters. The Morgan fingerprint density at radius 3 is 2.21 bits per heavy atom. The first-order chi connectivity index (χ1) is 12.8. The largest absolute Gasteiger partial charge is 0.494 e. The number of benzene rings is 2. The first-order valence-electron chi connectivity index (χ1n) is 8.61. The average molecular weight is 428 g/mol. The number of hydrogen-bond acceptors (Lipinski definition) is 5. The lowest BCUT2D eigenvalue weighted by Gasteiger charge is -2.23. The lowest BCUT2D eigenvalue weighted by Crippen LogP contribution is -2.39. The number of nitrogens with two attached hydrogens (primary N) is 1. The summed E-state index contributed by atoms with van der Waals surface area (Å²) in [4.78, 5) is 14.1. The van der Waals surface area contributed by atoms with E-state index in [0.717, 1.165) is 0 Å². The highest BCUT2D eigenvalue weighted by Crippen LogP contribution is 2.20. The van der Waals surface area contributed by atoms with Gasteiger partial charge >= 0.3 is 0 Å². The lowest BCUT2D eigenvalue weighted by molar-refractivity contribution is 0.0748. The van der Waals surface area contributed by atoms with Crippen LogP contribution < -0.4 is 15.2 Å². The smallest absolute Gasteiger partial charge is 0.261 e. The number of nitrogens with zero attached hydrogens (tertiary/aromatic N) is 1. The summed E-state index contributed by atoms with van der Waals surface area (Å²) in [5, 5.41) is 0. The van der Waals surface area contributed by atoms with E-state index in [9.17, 15) is 13.2 Å². The zero-order chi connectivity index (χ0) is 20.0. The third-order valence-electron chi connectivity index (χ3n) is 4.15. The second-order valence-electron chi connectivity index (χ2n) is 6.09. The maximum Gasteiger partial charge on any atom is 0.261 e. The van der Waals surface area contributed by atoms with Crippen molar-refractivity contribution in [1.82, 2.24) is 4.90 Å². The van der Waals surface area contributed by atoms with Gasteiger partial charge in [-0.05, 0) is 62.4 Å². The number of ether oxygens (including phenoxy) is 1. The Labute approximate surface area is 172 Å². The molecule has 154 valence electrons.